The molecule has 2 N–H and O–H groups in total. The van der Waals surface area contributed by atoms with E-state index >= 15 is 0 Å². The van der Waals surface area contributed by atoms with Gasteiger partial charge >= 0.3 is 0 Å². The van der Waals surface area contributed by atoms with Gasteiger partial charge in [0.05, 0.1) is 24.3 Å². The number of hydrogen-bond donors (Lipinski definition) is 2. The van der Waals surface area contributed by atoms with E-state index in [1.54, 1.807) is 0 Å². The van der Waals surface area contributed by atoms with Crippen LogP contribution in [0.5, 0.6) is 0 Å². The van der Waals surface area contributed by atoms with Crippen LogP contribution < -0.4 is 10.6 Å². The van der Waals surface area contributed by atoms with E-state index in [-0.39, 0.29) is 24.3 Å². The first-order valence-corrected chi connectivity index (χ1v) is 9.29. The number of carbonyl (C=O) groups is 2. The van der Waals surface area contributed by atoms with Crippen LogP contribution in [0.3, 0.4) is 0 Å². The van der Waals surface area contributed by atoms with Crippen LogP contribution in [-0.2, 0) is 16.0 Å². The normalized spacial score (nSPS) is 11.6. The Morgan fingerprint density at radius 2 is 1.71 bits per heavy atom. The molecule has 0 aliphatic carbocycles. The van der Waals surface area contributed by atoms with Crippen LogP contribution in [0, 0.1) is 0 Å². The molecule has 2 amide bonds. The van der Waals surface area contributed by atoms with Gasteiger partial charge in [-0.15, -0.1) is 0 Å². The predicted octanol–water partition coefficient (Wildman–Crippen LogP) is 2.80. The van der Waals surface area contributed by atoms with Crippen molar-refractivity contribution in [2.24, 2.45) is 0 Å². The van der Waals surface area contributed by atoms with E-state index in [9.17, 15) is 9.59 Å². The topological polar surface area (TPSA) is 76.0 Å². The zero-order chi connectivity index (χ0) is 19.8. The summed E-state index contributed by atoms with van der Waals surface area (Å²) in [6, 6.07) is 19.1. The lowest BCUT2D eigenvalue weighted by Crippen LogP contribution is -2.33. The molecule has 0 aliphatic rings. The third kappa shape index (κ3) is 5.54. The van der Waals surface area contributed by atoms with Gasteiger partial charge in [0.2, 0.25) is 11.8 Å². The van der Waals surface area contributed by atoms with Gasteiger partial charge in [0.15, 0.2) is 0 Å². The van der Waals surface area contributed by atoms with Crippen LogP contribution >= 0.6 is 0 Å². The number of nitrogens with zero attached hydrogens (tertiary/aromatic N) is 2. The molecule has 0 bridgehead atoms. The third-order valence-corrected chi connectivity index (χ3v) is 4.36. The van der Waals surface area contributed by atoms with Gasteiger partial charge in [0.1, 0.15) is 0 Å². The van der Waals surface area contributed by atoms with Crippen molar-refractivity contribution < 1.29 is 9.59 Å². The van der Waals surface area contributed by atoms with Crippen molar-refractivity contribution >= 4 is 11.8 Å². The van der Waals surface area contributed by atoms with Gasteiger partial charge in [-0.1, -0.05) is 48.5 Å². The second-order valence-electron chi connectivity index (χ2n) is 6.60. The first kappa shape index (κ1) is 19.4. The number of rotatable bonds is 8. The second kappa shape index (κ2) is 9.50. The summed E-state index contributed by atoms with van der Waals surface area (Å²) in [7, 11) is 0. The molecule has 144 valence electrons. The van der Waals surface area contributed by atoms with Crippen molar-refractivity contribution in [2.75, 3.05) is 6.54 Å². The number of nitrogens with one attached hydrogen (secondary N) is 2. The molecule has 6 nitrogen and oxygen atoms in total. The van der Waals surface area contributed by atoms with Gasteiger partial charge in [0, 0.05) is 19.7 Å². The lowest BCUT2D eigenvalue weighted by molar-refractivity contribution is -0.122. The molecule has 0 radical (unpaired) electrons. The molecule has 3 rings (SSSR count). The summed E-state index contributed by atoms with van der Waals surface area (Å²) in [4.78, 5) is 23.8. The maximum absolute atomic E-state index is 12.3. The van der Waals surface area contributed by atoms with Crippen LogP contribution in [0.25, 0.3) is 5.69 Å². The van der Waals surface area contributed by atoms with Crippen molar-refractivity contribution in [1.29, 1.82) is 0 Å². The Bertz CT molecular complexity index is 907. The minimum absolute atomic E-state index is 0.0990. The lowest BCUT2D eigenvalue weighted by Gasteiger charge is -2.18. The fourth-order valence-electron chi connectivity index (χ4n) is 3.00. The molecule has 6 heteroatoms. The molecule has 3 aromatic rings. The lowest BCUT2D eigenvalue weighted by atomic mass is 10.0. The van der Waals surface area contributed by atoms with Gasteiger partial charge in [-0.05, 0) is 29.7 Å². The molecule has 0 saturated carbocycles. The summed E-state index contributed by atoms with van der Waals surface area (Å²) in [5.41, 5.74) is 2.96. The van der Waals surface area contributed by atoms with Gasteiger partial charge in [-0.2, -0.15) is 5.10 Å². The fourth-order valence-corrected chi connectivity index (χ4v) is 3.00. The Kier molecular flexibility index (Phi) is 6.57. The van der Waals surface area contributed by atoms with E-state index in [0.29, 0.717) is 13.0 Å². The highest BCUT2D eigenvalue weighted by atomic mass is 16.2. The van der Waals surface area contributed by atoms with Crippen LogP contribution in [0.1, 0.15) is 30.5 Å². The third-order valence-electron chi connectivity index (χ3n) is 4.36. The Morgan fingerprint density at radius 3 is 2.39 bits per heavy atom. The molecule has 1 aromatic heterocycles. The Labute approximate surface area is 164 Å². The smallest absolute Gasteiger partial charge is 0.222 e. The molecular weight excluding hydrogens is 352 g/mol. The summed E-state index contributed by atoms with van der Waals surface area (Å²) in [5.74, 6) is -0.256. The van der Waals surface area contributed by atoms with Gasteiger partial charge in [0.25, 0.3) is 0 Å². The number of aromatic nitrogens is 2. The van der Waals surface area contributed by atoms with Gasteiger partial charge in [-0.3, -0.25) is 9.59 Å². The molecule has 0 aliphatic heterocycles. The van der Waals surface area contributed by atoms with Gasteiger partial charge in [-0.25, -0.2) is 4.68 Å². The summed E-state index contributed by atoms with van der Waals surface area (Å²) in [5, 5.41) is 10.1. The molecule has 1 atom stereocenters. The summed E-state index contributed by atoms with van der Waals surface area (Å²) < 4.78 is 1.82. The molecule has 0 fully saturated rings. The highest BCUT2D eigenvalue weighted by Crippen LogP contribution is 2.16. The standard InChI is InChI=1S/C22H24N4O2/c1-17(27)25-21(19-8-4-2-5-9-19)14-22(28)23-13-12-18-15-24-26(16-18)20-10-6-3-7-11-20/h2-11,15-16,21H,12-14H2,1H3,(H,23,28)(H,25,27)/t21-/m0/s1. The van der Waals surface area contributed by atoms with E-state index in [1.807, 2.05) is 77.7 Å². The summed E-state index contributed by atoms with van der Waals surface area (Å²) in [6.07, 6.45) is 4.66. The average Bonchev–Trinajstić information content (AvgIpc) is 3.17. The zero-order valence-corrected chi connectivity index (χ0v) is 15.8. The highest BCUT2D eigenvalue weighted by Gasteiger charge is 2.16. The molecule has 0 unspecified atom stereocenters. The van der Waals surface area contributed by atoms with E-state index in [1.165, 1.54) is 6.92 Å². The summed E-state index contributed by atoms with van der Waals surface area (Å²) in [6.45, 7) is 1.97. The van der Waals surface area contributed by atoms with Crippen molar-refractivity contribution in [3.05, 3.63) is 84.2 Å². The van der Waals surface area contributed by atoms with Crippen molar-refractivity contribution in [3.63, 3.8) is 0 Å². The molecular formula is C22H24N4O2. The van der Waals surface area contributed by atoms with Crippen molar-refractivity contribution in [2.45, 2.75) is 25.8 Å². The van der Waals surface area contributed by atoms with Crippen LogP contribution in [0.15, 0.2) is 73.1 Å². The number of benzene rings is 2. The van der Waals surface area contributed by atoms with Crippen molar-refractivity contribution in [1.82, 2.24) is 20.4 Å². The zero-order valence-electron chi connectivity index (χ0n) is 15.8. The Balaban J connectivity index is 1.51. The van der Waals surface area contributed by atoms with Crippen LogP contribution in [0.4, 0.5) is 0 Å². The van der Waals surface area contributed by atoms with E-state index in [2.05, 4.69) is 15.7 Å². The number of amides is 2. The van der Waals surface area contributed by atoms with E-state index in [0.717, 1.165) is 16.8 Å². The highest BCUT2D eigenvalue weighted by molar-refractivity contribution is 5.79. The quantitative estimate of drug-likeness (QED) is 0.635. The number of para-hydroxylation sites is 1. The Morgan fingerprint density at radius 1 is 1.04 bits per heavy atom. The Hall–Kier alpha value is -3.41. The van der Waals surface area contributed by atoms with E-state index < -0.39 is 0 Å². The molecule has 2 aromatic carbocycles. The molecule has 0 spiro atoms. The minimum atomic E-state index is -0.334. The van der Waals surface area contributed by atoms with Crippen LogP contribution in [-0.4, -0.2) is 28.1 Å². The number of carbonyl (C=O) groups excluding carboxylic acids is 2. The van der Waals surface area contributed by atoms with Crippen LogP contribution in [0.2, 0.25) is 0 Å². The minimum Gasteiger partial charge on any atom is -0.356 e. The second-order valence-corrected chi connectivity index (χ2v) is 6.60. The molecule has 1 heterocycles. The first-order chi connectivity index (χ1) is 13.6. The van der Waals surface area contributed by atoms with E-state index in [4.69, 9.17) is 0 Å². The molecule has 28 heavy (non-hydrogen) atoms. The molecule has 0 saturated heterocycles. The summed E-state index contributed by atoms with van der Waals surface area (Å²) >= 11 is 0. The largest absolute Gasteiger partial charge is 0.356 e. The van der Waals surface area contributed by atoms with Crippen molar-refractivity contribution in [3.8, 4) is 5.69 Å². The fraction of sp³-hybridized carbons (Fsp3) is 0.227. The maximum Gasteiger partial charge on any atom is 0.222 e. The average molecular weight is 376 g/mol. The predicted molar refractivity (Wildman–Crippen MR) is 108 cm³/mol. The SMILES string of the molecule is CC(=O)N[C@@H](CC(=O)NCCc1cnn(-c2ccccc2)c1)c1ccccc1. The van der Waals surface area contributed by atoms with Gasteiger partial charge < -0.3 is 10.6 Å². The monoisotopic (exact) mass is 376 g/mol. The number of hydrogen-bond acceptors (Lipinski definition) is 3. The maximum atomic E-state index is 12.3. The first-order valence-electron chi connectivity index (χ1n) is 9.29.